The van der Waals surface area contributed by atoms with Crippen LogP contribution in [0, 0.1) is 5.92 Å². The van der Waals surface area contributed by atoms with Gasteiger partial charge in [0.15, 0.2) is 0 Å². The van der Waals surface area contributed by atoms with Crippen molar-refractivity contribution in [2.24, 2.45) is 5.92 Å². The zero-order valence-corrected chi connectivity index (χ0v) is 15.5. The summed E-state index contributed by atoms with van der Waals surface area (Å²) >= 11 is 0. The fourth-order valence-corrected chi connectivity index (χ4v) is 4.74. The van der Waals surface area contributed by atoms with Gasteiger partial charge in [-0.25, -0.2) is 0 Å². The van der Waals surface area contributed by atoms with E-state index in [0.29, 0.717) is 11.8 Å². The SMILES string of the molecule is CCC(CC)C(=O)N1CCC(c2c3c(cc4c2OCC4)OCC3)CC1. The van der Waals surface area contributed by atoms with Gasteiger partial charge in [0.1, 0.15) is 11.5 Å². The number of fused-ring (bicyclic) bond motifs is 2. The predicted octanol–water partition coefficient (Wildman–Crippen LogP) is 3.70. The Labute approximate surface area is 150 Å². The topological polar surface area (TPSA) is 38.8 Å². The third-order valence-corrected chi connectivity index (χ3v) is 6.24. The molecule has 0 aliphatic carbocycles. The number of likely N-dealkylation sites (tertiary alicyclic amines) is 1. The summed E-state index contributed by atoms with van der Waals surface area (Å²) in [6.45, 7) is 7.56. The van der Waals surface area contributed by atoms with Gasteiger partial charge in [-0.2, -0.15) is 0 Å². The molecule has 1 amide bonds. The largest absolute Gasteiger partial charge is 0.493 e. The van der Waals surface area contributed by atoms with Crippen molar-refractivity contribution in [3.63, 3.8) is 0 Å². The fraction of sp³-hybridized carbons (Fsp3) is 0.667. The molecule has 4 nitrogen and oxygen atoms in total. The van der Waals surface area contributed by atoms with Gasteiger partial charge in [0.05, 0.1) is 13.2 Å². The maximum atomic E-state index is 12.7. The lowest BCUT2D eigenvalue weighted by atomic mass is 9.83. The number of piperidine rings is 1. The smallest absolute Gasteiger partial charge is 0.225 e. The Morgan fingerprint density at radius 2 is 1.88 bits per heavy atom. The zero-order chi connectivity index (χ0) is 17.4. The molecule has 4 rings (SSSR count). The van der Waals surface area contributed by atoms with Gasteiger partial charge >= 0.3 is 0 Å². The molecular weight excluding hydrogens is 314 g/mol. The molecule has 3 aliphatic heterocycles. The van der Waals surface area contributed by atoms with Crippen molar-refractivity contribution in [2.45, 2.75) is 58.3 Å². The number of hydrogen-bond acceptors (Lipinski definition) is 3. The van der Waals surface area contributed by atoms with Crippen molar-refractivity contribution in [2.75, 3.05) is 26.3 Å². The highest BCUT2D eigenvalue weighted by Gasteiger charge is 2.34. The van der Waals surface area contributed by atoms with Crippen molar-refractivity contribution in [1.82, 2.24) is 4.90 Å². The molecule has 1 aromatic carbocycles. The first-order valence-electron chi connectivity index (χ1n) is 9.95. The molecule has 1 fully saturated rings. The minimum Gasteiger partial charge on any atom is -0.493 e. The molecule has 0 unspecified atom stereocenters. The molecule has 4 heteroatoms. The van der Waals surface area contributed by atoms with Crippen LogP contribution in [0.3, 0.4) is 0 Å². The number of carbonyl (C=O) groups is 1. The molecule has 0 radical (unpaired) electrons. The Morgan fingerprint density at radius 1 is 1.16 bits per heavy atom. The van der Waals surface area contributed by atoms with Crippen molar-refractivity contribution < 1.29 is 14.3 Å². The van der Waals surface area contributed by atoms with Crippen LogP contribution in [0.15, 0.2) is 6.07 Å². The van der Waals surface area contributed by atoms with Gasteiger partial charge in [-0.1, -0.05) is 13.8 Å². The molecule has 0 bridgehead atoms. The fourth-order valence-electron chi connectivity index (χ4n) is 4.74. The molecule has 0 spiro atoms. The summed E-state index contributed by atoms with van der Waals surface area (Å²) in [4.78, 5) is 14.8. The molecule has 1 aromatic rings. The number of benzene rings is 1. The number of hydrogen-bond donors (Lipinski definition) is 0. The van der Waals surface area contributed by atoms with E-state index in [1.54, 1.807) is 0 Å². The summed E-state index contributed by atoms with van der Waals surface area (Å²) in [6.07, 6.45) is 5.95. The highest BCUT2D eigenvalue weighted by atomic mass is 16.5. The van der Waals surface area contributed by atoms with Crippen LogP contribution < -0.4 is 9.47 Å². The van der Waals surface area contributed by atoms with Crippen molar-refractivity contribution in [3.8, 4) is 11.5 Å². The van der Waals surface area contributed by atoms with Crippen LogP contribution in [0.5, 0.6) is 11.5 Å². The van der Waals surface area contributed by atoms with E-state index in [-0.39, 0.29) is 5.92 Å². The minimum absolute atomic E-state index is 0.193. The molecule has 136 valence electrons. The zero-order valence-electron chi connectivity index (χ0n) is 15.5. The van der Waals surface area contributed by atoms with Gasteiger partial charge in [0.25, 0.3) is 0 Å². The van der Waals surface area contributed by atoms with Gasteiger partial charge in [-0.05, 0) is 37.7 Å². The molecule has 0 N–H and O–H groups in total. The maximum absolute atomic E-state index is 12.7. The molecule has 25 heavy (non-hydrogen) atoms. The second-order valence-corrected chi connectivity index (χ2v) is 7.57. The second kappa shape index (κ2) is 6.89. The Balaban J connectivity index is 1.53. The van der Waals surface area contributed by atoms with E-state index >= 15 is 0 Å². The molecular formula is C21H29NO3. The number of nitrogens with zero attached hydrogens (tertiary/aromatic N) is 1. The van der Waals surface area contributed by atoms with Crippen LogP contribution in [-0.4, -0.2) is 37.1 Å². The number of amides is 1. The van der Waals surface area contributed by atoms with Crippen LogP contribution in [0.25, 0.3) is 0 Å². The van der Waals surface area contributed by atoms with Crippen molar-refractivity contribution >= 4 is 5.91 Å². The van der Waals surface area contributed by atoms with E-state index in [1.165, 1.54) is 16.7 Å². The van der Waals surface area contributed by atoms with Gasteiger partial charge in [-0.3, -0.25) is 4.79 Å². The van der Waals surface area contributed by atoms with E-state index < -0.39 is 0 Å². The molecule has 3 aliphatic rings. The van der Waals surface area contributed by atoms with E-state index in [1.807, 2.05) is 0 Å². The van der Waals surface area contributed by atoms with E-state index in [0.717, 1.165) is 76.3 Å². The Kier molecular flexibility index (Phi) is 4.61. The summed E-state index contributed by atoms with van der Waals surface area (Å²) in [6, 6.07) is 2.19. The molecule has 0 saturated carbocycles. The summed E-state index contributed by atoms with van der Waals surface area (Å²) in [5.41, 5.74) is 4.08. The lowest BCUT2D eigenvalue weighted by molar-refractivity contribution is -0.136. The number of ether oxygens (including phenoxy) is 2. The minimum atomic E-state index is 0.193. The Hall–Kier alpha value is -1.71. The third kappa shape index (κ3) is 2.90. The van der Waals surface area contributed by atoms with Crippen LogP contribution in [0.2, 0.25) is 0 Å². The Morgan fingerprint density at radius 3 is 2.60 bits per heavy atom. The van der Waals surface area contributed by atoms with E-state index in [9.17, 15) is 4.79 Å². The highest BCUT2D eigenvalue weighted by Crippen LogP contribution is 2.46. The van der Waals surface area contributed by atoms with Gasteiger partial charge in [0, 0.05) is 48.5 Å². The number of carbonyl (C=O) groups excluding carboxylic acids is 1. The standard InChI is InChI=1S/C21H29NO3/c1-3-14(4-2)21(23)22-9-5-15(6-10-22)19-17-8-12-24-18(17)13-16-7-11-25-20(16)19/h13-15H,3-12H2,1-2H3. The lowest BCUT2D eigenvalue weighted by Gasteiger charge is -2.35. The summed E-state index contributed by atoms with van der Waals surface area (Å²) in [5.74, 6) is 3.25. The average molecular weight is 343 g/mol. The molecule has 3 heterocycles. The van der Waals surface area contributed by atoms with Crippen molar-refractivity contribution in [1.29, 1.82) is 0 Å². The van der Waals surface area contributed by atoms with Crippen LogP contribution >= 0.6 is 0 Å². The van der Waals surface area contributed by atoms with Gasteiger partial charge in [-0.15, -0.1) is 0 Å². The predicted molar refractivity (Wildman–Crippen MR) is 97.5 cm³/mol. The number of rotatable bonds is 4. The average Bonchev–Trinajstić information content (AvgIpc) is 3.29. The highest BCUT2D eigenvalue weighted by molar-refractivity contribution is 5.78. The summed E-state index contributed by atoms with van der Waals surface area (Å²) in [7, 11) is 0. The monoisotopic (exact) mass is 343 g/mol. The first-order valence-corrected chi connectivity index (χ1v) is 9.95. The van der Waals surface area contributed by atoms with Crippen molar-refractivity contribution in [3.05, 3.63) is 22.8 Å². The van der Waals surface area contributed by atoms with Gasteiger partial charge < -0.3 is 14.4 Å². The molecule has 0 aromatic heterocycles. The quantitative estimate of drug-likeness (QED) is 0.837. The summed E-state index contributed by atoms with van der Waals surface area (Å²) < 4.78 is 11.9. The van der Waals surface area contributed by atoms with Crippen LogP contribution in [-0.2, 0) is 17.6 Å². The molecule has 1 saturated heterocycles. The van der Waals surface area contributed by atoms with Crippen LogP contribution in [0.1, 0.15) is 62.1 Å². The first-order chi connectivity index (χ1) is 12.2. The van der Waals surface area contributed by atoms with Gasteiger partial charge in [0.2, 0.25) is 5.91 Å². The molecule has 0 atom stereocenters. The van der Waals surface area contributed by atoms with Crippen LogP contribution in [0.4, 0.5) is 0 Å². The second-order valence-electron chi connectivity index (χ2n) is 7.57. The Bertz CT molecular complexity index is 625. The maximum Gasteiger partial charge on any atom is 0.225 e. The third-order valence-electron chi connectivity index (χ3n) is 6.24. The normalized spacial score (nSPS) is 19.6. The van der Waals surface area contributed by atoms with E-state index in [4.69, 9.17) is 9.47 Å². The lowest BCUT2D eigenvalue weighted by Crippen LogP contribution is -2.41. The summed E-state index contributed by atoms with van der Waals surface area (Å²) in [5, 5.41) is 0. The van der Waals surface area contributed by atoms with E-state index in [2.05, 4.69) is 24.8 Å². The first kappa shape index (κ1) is 16.7.